The molecule has 186 valence electrons. The Morgan fingerprint density at radius 1 is 0.757 bits per heavy atom. The van der Waals surface area contributed by atoms with Crippen molar-refractivity contribution in [1.29, 1.82) is 0 Å². The summed E-state index contributed by atoms with van der Waals surface area (Å²) in [6.45, 7) is 4.60. The summed E-state index contributed by atoms with van der Waals surface area (Å²) < 4.78 is 5.52. The van der Waals surface area contributed by atoms with E-state index < -0.39 is 0 Å². The Morgan fingerprint density at radius 3 is 2.24 bits per heavy atom. The highest BCUT2D eigenvalue weighted by Gasteiger charge is 2.21. The molecule has 4 aromatic rings. The Kier molecular flexibility index (Phi) is 6.48. The van der Waals surface area contributed by atoms with Gasteiger partial charge in [-0.3, -0.25) is 4.99 Å². The second kappa shape index (κ2) is 10.5. The minimum Gasteiger partial charge on any atom is -0.465 e. The number of hydrogen-bond donors (Lipinski definition) is 2. The summed E-state index contributed by atoms with van der Waals surface area (Å²) >= 11 is 0. The lowest BCUT2D eigenvalue weighted by Crippen LogP contribution is -2.47. The van der Waals surface area contributed by atoms with Gasteiger partial charge in [0.1, 0.15) is 11.6 Å². The van der Waals surface area contributed by atoms with E-state index in [2.05, 4.69) is 66.8 Å². The van der Waals surface area contributed by atoms with Gasteiger partial charge in [-0.05, 0) is 35.9 Å². The van der Waals surface area contributed by atoms with E-state index in [1.807, 2.05) is 42.5 Å². The molecule has 0 aliphatic carbocycles. The summed E-state index contributed by atoms with van der Waals surface area (Å²) in [4.78, 5) is 23.4. The van der Waals surface area contributed by atoms with Crippen LogP contribution in [0.25, 0.3) is 5.57 Å². The molecule has 2 aliphatic heterocycles. The largest absolute Gasteiger partial charge is 0.465 e. The second-order valence-electron chi connectivity index (χ2n) is 8.90. The van der Waals surface area contributed by atoms with Crippen LogP contribution in [0.15, 0.2) is 94.5 Å². The molecule has 1 saturated heterocycles. The van der Waals surface area contributed by atoms with Gasteiger partial charge in [0.05, 0.1) is 12.8 Å². The average molecular weight is 493 g/mol. The van der Waals surface area contributed by atoms with E-state index in [1.165, 1.54) is 5.69 Å². The molecular weight excluding hydrogens is 464 g/mol. The van der Waals surface area contributed by atoms with Gasteiger partial charge in [0.25, 0.3) is 0 Å². The summed E-state index contributed by atoms with van der Waals surface area (Å²) in [7, 11) is 0. The van der Waals surface area contributed by atoms with E-state index in [0.717, 1.165) is 43.1 Å². The lowest BCUT2D eigenvalue weighted by molar-refractivity contribution is 0.552. The zero-order valence-electron chi connectivity index (χ0n) is 20.4. The third-order valence-electron chi connectivity index (χ3n) is 6.41. The van der Waals surface area contributed by atoms with E-state index in [-0.39, 0.29) is 0 Å². The highest BCUT2D eigenvalue weighted by molar-refractivity contribution is 6.09. The SMILES string of the molecule is C1=C(c2ccco2)CN=C1Nc1nc(NCc2ccccc2)nc(N2CCN(c3ccccc3)CC2)n1. The molecule has 2 aromatic carbocycles. The molecule has 0 spiro atoms. The second-order valence-corrected chi connectivity index (χ2v) is 8.90. The summed E-state index contributed by atoms with van der Waals surface area (Å²) in [5, 5.41) is 6.64. The van der Waals surface area contributed by atoms with E-state index in [1.54, 1.807) is 6.26 Å². The van der Waals surface area contributed by atoms with E-state index in [4.69, 9.17) is 14.4 Å². The molecule has 0 atom stereocenters. The van der Waals surface area contributed by atoms with Crippen molar-refractivity contribution >= 4 is 34.9 Å². The lowest BCUT2D eigenvalue weighted by Gasteiger charge is -2.36. The standard InChI is InChI=1S/C28H28N8O/c1-3-8-21(9-4-1)19-30-26-32-27(31-25-18-22(20-29-25)24-12-7-17-37-24)34-28(33-26)36-15-13-35(14-16-36)23-10-5-2-6-11-23/h1-12,17-18H,13-16,19-20H2,(H2,29,30,31,32,33,34). The number of furan rings is 1. The smallest absolute Gasteiger partial charge is 0.234 e. The van der Waals surface area contributed by atoms with Crippen molar-refractivity contribution in [2.24, 2.45) is 4.99 Å². The first-order chi connectivity index (χ1) is 18.3. The van der Waals surface area contributed by atoms with Crippen LogP contribution in [0.5, 0.6) is 0 Å². The maximum absolute atomic E-state index is 5.52. The number of anilines is 4. The molecule has 9 heteroatoms. The first-order valence-electron chi connectivity index (χ1n) is 12.4. The number of piperazine rings is 1. The van der Waals surface area contributed by atoms with Crippen molar-refractivity contribution in [1.82, 2.24) is 15.0 Å². The van der Waals surface area contributed by atoms with Crippen LogP contribution in [-0.2, 0) is 6.54 Å². The van der Waals surface area contributed by atoms with Crippen LogP contribution in [-0.4, -0.2) is 53.5 Å². The van der Waals surface area contributed by atoms with Crippen molar-refractivity contribution < 1.29 is 4.42 Å². The van der Waals surface area contributed by atoms with Gasteiger partial charge in [-0.2, -0.15) is 15.0 Å². The fourth-order valence-corrected chi connectivity index (χ4v) is 4.45. The topological polar surface area (TPSA) is 94.7 Å². The predicted octanol–water partition coefficient (Wildman–Crippen LogP) is 4.31. The minimum atomic E-state index is 0.460. The van der Waals surface area contributed by atoms with Crippen LogP contribution in [0, 0.1) is 0 Å². The van der Waals surface area contributed by atoms with Gasteiger partial charge >= 0.3 is 0 Å². The number of nitrogens with zero attached hydrogens (tertiary/aromatic N) is 6. The molecule has 0 bridgehead atoms. The van der Waals surface area contributed by atoms with Crippen LogP contribution < -0.4 is 20.4 Å². The average Bonchev–Trinajstić information content (AvgIpc) is 3.66. The van der Waals surface area contributed by atoms with Gasteiger partial charge in [-0.25, -0.2) is 0 Å². The monoisotopic (exact) mass is 492 g/mol. The molecule has 0 saturated carbocycles. The van der Waals surface area contributed by atoms with Gasteiger partial charge in [0.2, 0.25) is 17.8 Å². The summed E-state index contributed by atoms with van der Waals surface area (Å²) in [6, 6.07) is 24.5. The molecule has 2 aromatic heterocycles. The van der Waals surface area contributed by atoms with Crippen LogP contribution >= 0.6 is 0 Å². The van der Waals surface area contributed by atoms with Crippen molar-refractivity contribution in [2.75, 3.05) is 53.2 Å². The van der Waals surface area contributed by atoms with Crippen LogP contribution in [0.2, 0.25) is 0 Å². The normalized spacial score (nSPS) is 15.4. The van der Waals surface area contributed by atoms with Gasteiger partial charge in [0.15, 0.2) is 0 Å². The quantitative estimate of drug-likeness (QED) is 0.394. The molecule has 4 heterocycles. The Hall–Kier alpha value is -4.66. The number of para-hydroxylation sites is 1. The van der Waals surface area contributed by atoms with Crippen LogP contribution in [0.1, 0.15) is 11.3 Å². The summed E-state index contributed by atoms with van der Waals surface area (Å²) in [6.07, 6.45) is 3.64. The number of aliphatic imine (C=N–C) groups is 1. The van der Waals surface area contributed by atoms with E-state index in [0.29, 0.717) is 36.8 Å². The Morgan fingerprint density at radius 2 is 1.49 bits per heavy atom. The van der Waals surface area contributed by atoms with E-state index >= 15 is 0 Å². The number of aromatic nitrogens is 3. The van der Waals surface area contributed by atoms with E-state index in [9.17, 15) is 0 Å². The third kappa shape index (κ3) is 5.45. The lowest BCUT2D eigenvalue weighted by atomic mass is 10.2. The number of amidine groups is 1. The molecule has 1 fully saturated rings. The molecule has 0 unspecified atom stereocenters. The maximum Gasteiger partial charge on any atom is 0.234 e. The van der Waals surface area contributed by atoms with Gasteiger partial charge in [-0.1, -0.05) is 48.5 Å². The molecule has 2 aliphatic rings. The van der Waals surface area contributed by atoms with Crippen LogP contribution in [0.4, 0.5) is 23.5 Å². The fraction of sp³-hybridized carbons (Fsp3) is 0.214. The fourth-order valence-electron chi connectivity index (χ4n) is 4.45. The molecule has 0 amide bonds. The third-order valence-corrected chi connectivity index (χ3v) is 6.41. The van der Waals surface area contributed by atoms with Gasteiger partial charge < -0.3 is 24.9 Å². The molecule has 9 nitrogen and oxygen atoms in total. The Labute approximate surface area is 215 Å². The molecule has 37 heavy (non-hydrogen) atoms. The van der Waals surface area contributed by atoms with Gasteiger partial charge in [0, 0.05) is 44.0 Å². The first-order valence-corrected chi connectivity index (χ1v) is 12.4. The summed E-state index contributed by atoms with van der Waals surface area (Å²) in [5.74, 6) is 3.15. The maximum atomic E-state index is 5.52. The zero-order valence-corrected chi connectivity index (χ0v) is 20.4. The number of hydrogen-bond acceptors (Lipinski definition) is 9. The van der Waals surface area contributed by atoms with Crippen molar-refractivity contribution in [3.05, 3.63) is 96.5 Å². The minimum absolute atomic E-state index is 0.460. The Balaban J connectivity index is 1.20. The molecular formula is C28H28N8O. The van der Waals surface area contributed by atoms with Crippen molar-refractivity contribution in [3.8, 4) is 0 Å². The van der Waals surface area contributed by atoms with Crippen molar-refractivity contribution in [3.63, 3.8) is 0 Å². The highest BCUT2D eigenvalue weighted by atomic mass is 16.3. The molecule has 0 radical (unpaired) electrons. The number of benzene rings is 2. The Bertz CT molecular complexity index is 1380. The zero-order chi connectivity index (χ0) is 24.9. The number of rotatable bonds is 7. The van der Waals surface area contributed by atoms with Crippen molar-refractivity contribution in [2.45, 2.75) is 6.54 Å². The predicted molar refractivity (Wildman–Crippen MR) is 147 cm³/mol. The molecule has 2 N–H and O–H groups in total. The first kappa shape index (κ1) is 22.8. The number of nitrogens with one attached hydrogen (secondary N) is 2. The van der Waals surface area contributed by atoms with Gasteiger partial charge in [-0.15, -0.1) is 0 Å². The van der Waals surface area contributed by atoms with Crippen LogP contribution in [0.3, 0.4) is 0 Å². The summed E-state index contributed by atoms with van der Waals surface area (Å²) in [5.41, 5.74) is 3.41. The molecule has 6 rings (SSSR count). The highest BCUT2D eigenvalue weighted by Crippen LogP contribution is 2.22.